The number of sulfonamides is 1. The number of halogens is 1. The molecule has 0 fully saturated rings. The van der Waals surface area contributed by atoms with Gasteiger partial charge in [0, 0.05) is 10.7 Å². The first-order chi connectivity index (χ1) is 13.8. The van der Waals surface area contributed by atoms with Gasteiger partial charge in [-0.3, -0.25) is 9.10 Å². The lowest BCUT2D eigenvalue weighted by Crippen LogP contribution is -2.38. The summed E-state index contributed by atoms with van der Waals surface area (Å²) in [6.07, 6.45) is 0. The van der Waals surface area contributed by atoms with Crippen LogP contribution in [0, 0.1) is 13.8 Å². The van der Waals surface area contributed by atoms with E-state index in [-0.39, 0.29) is 11.4 Å². The van der Waals surface area contributed by atoms with Crippen molar-refractivity contribution in [3.05, 3.63) is 88.9 Å². The van der Waals surface area contributed by atoms with Gasteiger partial charge in [-0.2, -0.15) is 0 Å². The molecule has 29 heavy (non-hydrogen) atoms. The van der Waals surface area contributed by atoms with Crippen molar-refractivity contribution in [3.63, 3.8) is 0 Å². The van der Waals surface area contributed by atoms with Crippen molar-refractivity contribution >= 4 is 38.9 Å². The van der Waals surface area contributed by atoms with Crippen molar-refractivity contribution in [2.24, 2.45) is 0 Å². The highest BCUT2D eigenvalue weighted by atomic mass is 35.5. The topological polar surface area (TPSA) is 66.5 Å². The highest BCUT2D eigenvalue weighted by Gasteiger charge is 2.27. The predicted molar refractivity (Wildman–Crippen MR) is 117 cm³/mol. The molecule has 0 unspecified atom stereocenters. The summed E-state index contributed by atoms with van der Waals surface area (Å²) < 4.78 is 27.7. The van der Waals surface area contributed by atoms with Gasteiger partial charge in [0.15, 0.2) is 0 Å². The van der Waals surface area contributed by atoms with Gasteiger partial charge in [-0.25, -0.2) is 8.42 Å². The van der Waals surface area contributed by atoms with Gasteiger partial charge in [0.1, 0.15) is 6.54 Å². The van der Waals surface area contributed by atoms with Crippen molar-refractivity contribution < 1.29 is 13.2 Å². The summed E-state index contributed by atoms with van der Waals surface area (Å²) in [6.45, 7) is 3.42. The van der Waals surface area contributed by atoms with Crippen molar-refractivity contribution in [2.45, 2.75) is 18.7 Å². The quantitative estimate of drug-likeness (QED) is 0.613. The van der Waals surface area contributed by atoms with Gasteiger partial charge >= 0.3 is 0 Å². The van der Waals surface area contributed by atoms with Crippen molar-refractivity contribution in [3.8, 4) is 0 Å². The van der Waals surface area contributed by atoms with E-state index in [1.165, 1.54) is 24.3 Å². The maximum Gasteiger partial charge on any atom is 0.264 e. The first-order valence-electron chi connectivity index (χ1n) is 8.98. The zero-order chi connectivity index (χ0) is 21.0. The first-order valence-corrected chi connectivity index (χ1v) is 10.8. The highest BCUT2D eigenvalue weighted by molar-refractivity contribution is 7.92. The lowest BCUT2D eigenvalue weighted by Gasteiger charge is -2.24. The van der Waals surface area contributed by atoms with E-state index in [1.54, 1.807) is 30.3 Å². The minimum absolute atomic E-state index is 0.0613. The Labute approximate surface area is 176 Å². The molecule has 0 bridgehead atoms. The summed E-state index contributed by atoms with van der Waals surface area (Å²) in [6, 6.07) is 20.2. The van der Waals surface area contributed by atoms with Gasteiger partial charge < -0.3 is 5.32 Å². The van der Waals surface area contributed by atoms with Crippen LogP contribution < -0.4 is 9.62 Å². The Morgan fingerprint density at radius 2 is 1.55 bits per heavy atom. The Morgan fingerprint density at radius 1 is 0.931 bits per heavy atom. The lowest BCUT2D eigenvalue weighted by atomic mass is 10.2. The fraction of sp³-hybridized carbons (Fsp3) is 0.136. The molecule has 0 aliphatic heterocycles. The van der Waals surface area contributed by atoms with E-state index in [9.17, 15) is 13.2 Å². The second-order valence-corrected chi connectivity index (χ2v) is 8.96. The van der Waals surface area contributed by atoms with Crippen LogP contribution in [0.3, 0.4) is 0 Å². The van der Waals surface area contributed by atoms with E-state index in [2.05, 4.69) is 5.32 Å². The fourth-order valence-corrected chi connectivity index (χ4v) is 4.34. The zero-order valence-electron chi connectivity index (χ0n) is 16.1. The van der Waals surface area contributed by atoms with Gasteiger partial charge in [0.25, 0.3) is 10.0 Å². The van der Waals surface area contributed by atoms with Crippen LogP contribution in [-0.2, 0) is 14.8 Å². The van der Waals surface area contributed by atoms with Crippen LogP contribution in [-0.4, -0.2) is 20.9 Å². The Hall–Kier alpha value is -2.83. The molecule has 1 amide bonds. The number of carbonyl (C=O) groups is 1. The molecule has 150 valence electrons. The summed E-state index contributed by atoms with van der Waals surface area (Å²) in [7, 11) is -3.97. The fourth-order valence-electron chi connectivity index (χ4n) is 2.79. The number of hydrogen-bond donors (Lipinski definition) is 1. The van der Waals surface area contributed by atoms with Gasteiger partial charge in [-0.05, 0) is 61.9 Å². The highest BCUT2D eigenvalue weighted by Crippen LogP contribution is 2.25. The number of nitrogens with zero attached hydrogens (tertiary/aromatic N) is 1. The smallest absolute Gasteiger partial charge is 0.264 e. The number of anilines is 2. The average molecular weight is 429 g/mol. The van der Waals surface area contributed by atoms with Crippen LogP contribution in [0.4, 0.5) is 11.4 Å². The first kappa shape index (κ1) is 20.9. The van der Waals surface area contributed by atoms with Crippen molar-refractivity contribution in [1.82, 2.24) is 0 Å². The van der Waals surface area contributed by atoms with Crippen LogP contribution in [0.25, 0.3) is 0 Å². The van der Waals surface area contributed by atoms with E-state index >= 15 is 0 Å². The van der Waals surface area contributed by atoms with Gasteiger partial charge in [-0.15, -0.1) is 0 Å². The lowest BCUT2D eigenvalue weighted by molar-refractivity contribution is -0.114. The van der Waals surface area contributed by atoms with Gasteiger partial charge in [-0.1, -0.05) is 47.5 Å². The van der Waals surface area contributed by atoms with Crippen LogP contribution in [0.2, 0.25) is 5.02 Å². The SMILES string of the molecule is Cc1ccc(N(CC(=O)Nc2ccccc2C)S(=O)(=O)c2ccc(Cl)cc2)cc1. The molecule has 7 heteroatoms. The third-order valence-corrected chi connectivity index (χ3v) is 6.47. The molecule has 0 spiro atoms. The maximum absolute atomic E-state index is 13.3. The summed E-state index contributed by atoms with van der Waals surface area (Å²) >= 11 is 5.89. The van der Waals surface area contributed by atoms with Crippen molar-refractivity contribution in [1.29, 1.82) is 0 Å². The van der Waals surface area contributed by atoms with E-state index in [0.717, 1.165) is 15.4 Å². The van der Waals surface area contributed by atoms with E-state index in [4.69, 9.17) is 11.6 Å². The van der Waals surface area contributed by atoms with Crippen LogP contribution in [0.15, 0.2) is 77.7 Å². The Morgan fingerprint density at radius 3 is 2.17 bits per heavy atom. The Balaban J connectivity index is 1.95. The minimum Gasteiger partial charge on any atom is -0.324 e. The Kier molecular flexibility index (Phi) is 6.25. The summed E-state index contributed by atoms with van der Waals surface area (Å²) in [5, 5.41) is 3.22. The number of nitrogens with one attached hydrogen (secondary N) is 1. The summed E-state index contributed by atoms with van der Waals surface area (Å²) in [4.78, 5) is 12.8. The average Bonchev–Trinajstić information content (AvgIpc) is 2.69. The number of hydrogen-bond acceptors (Lipinski definition) is 3. The number of benzene rings is 3. The van der Waals surface area contributed by atoms with Crippen LogP contribution in [0.5, 0.6) is 0 Å². The summed E-state index contributed by atoms with van der Waals surface area (Å²) in [5.41, 5.74) is 2.93. The van der Waals surface area contributed by atoms with Crippen LogP contribution >= 0.6 is 11.6 Å². The monoisotopic (exact) mass is 428 g/mol. The van der Waals surface area contributed by atoms with E-state index in [1.807, 2.05) is 32.0 Å². The predicted octanol–water partition coefficient (Wildman–Crippen LogP) is 4.79. The summed E-state index contributed by atoms with van der Waals surface area (Å²) in [5.74, 6) is -0.433. The number of carbonyl (C=O) groups excluding carboxylic acids is 1. The largest absolute Gasteiger partial charge is 0.324 e. The van der Waals surface area contributed by atoms with Gasteiger partial charge in [0.2, 0.25) is 5.91 Å². The second kappa shape index (κ2) is 8.68. The molecule has 0 saturated heterocycles. The molecule has 0 heterocycles. The molecule has 0 radical (unpaired) electrons. The maximum atomic E-state index is 13.3. The molecule has 0 aromatic heterocycles. The minimum atomic E-state index is -3.97. The van der Waals surface area contributed by atoms with Crippen LogP contribution in [0.1, 0.15) is 11.1 Å². The number of aryl methyl sites for hydroxylation is 2. The molecule has 0 atom stereocenters. The van der Waals surface area contributed by atoms with E-state index in [0.29, 0.717) is 16.4 Å². The zero-order valence-corrected chi connectivity index (χ0v) is 17.7. The van der Waals surface area contributed by atoms with Gasteiger partial charge in [0.05, 0.1) is 10.6 Å². The molecule has 0 aliphatic carbocycles. The molecule has 3 aromatic rings. The number of amides is 1. The Bertz CT molecular complexity index is 1110. The molecular weight excluding hydrogens is 408 g/mol. The van der Waals surface area contributed by atoms with Crippen molar-refractivity contribution in [2.75, 3.05) is 16.2 Å². The number of para-hydroxylation sites is 1. The number of rotatable bonds is 6. The molecular formula is C22H21ClN2O3S. The van der Waals surface area contributed by atoms with E-state index < -0.39 is 15.9 Å². The standard InChI is InChI=1S/C22H21ClN2O3S/c1-16-7-11-19(12-8-16)25(29(27,28)20-13-9-18(23)10-14-20)15-22(26)24-21-6-4-3-5-17(21)2/h3-14H,15H2,1-2H3,(H,24,26). The normalized spacial score (nSPS) is 11.1. The molecule has 0 saturated carbocycles. The molecule has 5 nitrogen and oxygen atoms in total. The molecule has 1 N–H and O–H groups in total. The third kappa shape index (κ3) is 4.96. The molecule has 3 aromatic carbocycles. The molecule has 3 rings (SSSR count). The third-order valence-electron chi connectivity index (χ3n) is 4.43. The molecule has 0 aliphatic rings. The second-order valence-electron chi connectivity index (χ2n) is 6.66.